The van der Waals surface area contributed by atoms with E-state index >= 15 is 0 Å². The molecule has 88 valence electrons. The quantitative estimate of drug-likeness (QED) is 0.340. The molecule has 1 unspecified atom stereocenters. The van der Waals surface area contributed by atoms with E-state index in [0.717, 1.165) is 19.3 Å². The second-order valence-corrected chi connectivity index (χ2v) is 5.31. The summed E-state index contributed by atoms with van der Waals surface area (Å²) in [5.74, 6) is 0. The first kappa shape index (κ1) is 13.1. The van der Waals surface area contributed by atoms with Crippen molar-refractivity contribution in [2.45, 2.75) is 62.1 Å². The van der Waals surface area contributed by atoms with Crippen LogP contribution in [0, 0.1) is 0 Å². The van der Waals surface area contributed by atoms with Gasteiger partial charge >= 0.3 is 6.16 Å². The zero-order valence-electron chi connectivity index (χ0n) is 9.21. The van der Waals surface area contributed by atoms with E-state index in [1.54, 1.807) is 0 Å². The maximum atomic E-state index is 11.3. The highest BCUT2D eigenvalue weighted by Crippen LogP contribution is 2.20. The van der Waals surface area contributed by atoms with E-state index < -0.39 is 6.16 Å². The molecule has 0 heterocycles. The Hall–Kier alpha value is 0. The fourth-order valence-electron chi connectivity index (χ4n) is 1.71. The van der Waals surface area contributed by atoms with E-state index in [0.29, 0.717) is 0 Å². The molecule has 15 heavy (non-hydrogen) atoms. The molecule has 0 aromatic heterocycles. The number of rotatable bonds is 3. The normalized spacial score (nSPS) is 20.4. The van der Waals surface area contributed by atoms with Crippen molar-refractivity contribution >= 4 is 28.7 Å². The molecule has 0 bridgehead atoms. The number of ether oxygens (including phenoxy) is 2. The number of hydrogen-bond donors (Lipinski definition) is 0. The Morgan fingerprint density at radius 2 is 1.93 bits per heavy atom. The molecule has 0 aromatic carbocycles. The molecule has 3 nitrogen and oxygen atoms in total. The van der Waals surface area contributed by atoms with E-state index in [1.807, 2.05) is 6.92 Å². The lowest BCUT2D eigenvalue weighted by molar-refractivity contribution is 0.0152. The maximum Gasteiger partial charge on any atom is 0.509 e. The molecule has 1 aliphatic rings. The average Bonchev–Trinajstić information content (AvgIpc) is 2.46. The molecule has 1 fully saturated rings. The first-order valence-electron chi connectivity index (χ1n) is 5.73. The smallest absolute Gasteiger partial charge is 0.431 e. The van der Waals surface area contributed by atoms with Crippen molar-refractivity contribution in [2.75, 3.05) is 0 Å². The summed E-state index contributed by atoms with van der Waals surface area (Å²) < 4.78 is 10.3. The summed E-state index contributed by atoms with van der Waals surface area (Å²) in [5, 5.41) is 0. The highest BCUT2D eigenvalue weighted by atomic mass is 127. The van der Waals surface area contributed by atoms with Crippen molar-refractivity contribution < 1.29 is 14.3 Å². The van der Waals surface area contributed by atoms with Gasteiger partial charge in [0.15, 0.2) is 4.11 Å². The number of halogens is 1. The highest BCUT2D eigenvalue weighted by molar-refractivity contribution is 14.1. The van der Waals surface area contributed by atoms with Crippen molar-refractivity contribution in [3.8, 4) is 0 Å². The van der Waals surface area contributed by atoms with Crippen LogP contribution in [-0.4, -0.2) is 16.4 Å². The van der Waals surface area contributed by atoms with Gasteiger partial charge in [-0.05, 0) is 54.7 Å². The Bertz CT molecular complexity index is 188. The lowest BCUT2D eigenvalue weighted by Crippen LogP contribution is -2.20. The average molecular weight is 326 g/mol. The topological polar surface area (TPSA) is 35.5 Å². The second kappa shape index (κ2) is 7.30. The Morgan fingerprint density at radius 3 is 2.47 bits per heavy atom. The van der Waals surface area contributed by atoms with Gasteiger partial charge in [0.25, 0.3) is 0 Å². The van der Waals surface area contributed by atoms with Crippen molar-refractivity contribution in [1.82, 2.24) is 0 Å². The zero-order chi connectivity index (χ0) is 11.1. The van der Waals surface area contributed by atoms with E-state index in [9.17, 15) is 4.79 Å². The lowest BCUT2D eigenvalue weighted by Gasteiger charge is -2.16. The predicted octanol–water partition coefficient (Wildman–Crippen LogP) is 4.03. The first-order chi connectivity index (χ1) is 7.22. The molecule has 1 aliphatic carbocycles. The summed E-state index contributed by atoms with van der Waals surface area (Å²) in [7, 11) is 0. The predicted molar refractivity (Wildman–Crippen MR) is 67.2 cm³/mol. The van der Waals surface area contributed by atoms with Crippen LogP contribution < -0.4 is 0 Å². The van der Waals surface area contributed by atoms with E-state index in [1.165, 1.54) is 25.7 Å². The Kier molecular flexibility index (Phi) is 6.36. The van der Waals surface area contributed by atoms with Crippen molar-refractivity contribution in [1.29, 1.82) is 0 Å². The van der Waals surface area contributed by atoms with Gasteiger partial charge in [-0.2, -0.15) is 0 Å². The molecule has 1 saturated carbocycles. The van der Waals surface area contributed by atoms with Crippen LogP contribution in [0.2, 0.25) is 0 Å². The maximum absolute atomic E-state index is 11.3. The minimum atomic E-state index is -0.497. The second-order valence-electron chi connectivity index (χ2n) is 3.92. The Morgan fingerprint density at radius 1 is 1.33 bits per heavy atom. The van der Waals surface area contributed by atoms with Gasteiger partial charge in [-0.1, -0.05) is 19.8 Å². The Labute approximate surface area is 105 Å². The van der Waals surface area contributed by atoms with Gasteiger partial charge in [0.1, 0.15) is 6.10 Å². The van der Waals surface area contributed by atoms with E-state index in [2.05, 4.69) is 22.6 Å². The summed E-state index contributed by atoms with van der Waals surface area (Å²) in [6, 6.07) is 0. The molecule has 1 rings (SSSR count). The summed E-state index contributed by atoms with van der Waals surface area (Å²) in [4.78, 5) is 11.3. The van der Waals surface area contributed by atoms with Crippen LogP contribution in [0.3, 0.4) is 0 Å². The van der Waals surface area contributed by atoms with Crippen LogP contribution >= 0.6 is 22.6 Å². The molecule has 0 spiro atoms. The largest absolute Gasteiger partial charge is 0.509 e. The minimum Gasteiger partial charge on any atom is -0.431 e. The van der Waals surface area contributed by atoms with Gasteiger partial charge < -0.3 is 9.47 Å². The summed E-state index contributed by atoms with van der Waals surface area (Å²) in [6.07, 6.45) is 7.25. The zero-order valence-corrected chi connectivity index (χ0v) is 11.4. The number of carbonyl (C=O) groups excluding carboxylic acids is 1. The summed E-state index contributed by atoms with van der Waals surface area (Å²) >= 11 is 2.10. The van der Waals surface area contributed by atoms with Crippen LogP contribution in [0.5, 0.6) is 0 Å². The third kappa shape index (κ3) is 5.58. The first-order valence-corrected chi connectivity index (χ1v) is 6.98. The van der Waals surface area contributed by atoms with Crippen molar-refractivity contribution in [3.63, 3.8) is 0 Å². The van der Waals surface area contributed by atoms with Crippen LogP contribution in [0.4, 0.5) is 4.79 Å². The number of alkyl halides is 1. The van der Waals surface area contributed by atoms with Crippen molar-refractivity contribution in [2.24, 2.45) is 0 Å². The SMILES string of the molecule is CCC(I)OC(=O)OC1CCCCCC1. The molecule has 0 amide bonds. The third-order valence-corrected chi connectivity index (χ3v) is 3.75. The van der Waals surface area contributed by atoms with Crippen LogP contribution in [0.1, 0.15) is 51.9 Å². The third-order valence-electron chi connectivity index (χ3n) is 2.61. The molecular weight excluding hydrogens is 307 g/mol. The fraction of sp³-hybridized carbons (Fsp3) is 0.909. The standard InChI is InChI=1S/C11H19IO3/c1-2-10(12)15-11(13)14-9-7-5-3-4-6-8-9/h9-10H,2-8H2,1H3. The van der Waals surface area contributed by atoms with Crippen LogP contribution in [-0.2, 0) is 9.47 Å². The summed E-state index contributed by atoms with van der Waals surface area (Å²) in [6.45, 7) is 1.98. The molecule has 0 radical (unpaired) electrons. The van der Waals surface area contributed by atoms with Gasteiger partial charge in [-0.15, -0.1) is 0 Å². The van der Waals surface area contributed by atoms with E-state index in [4.69, 9.17) is 9.47 Å². The molecule has 0 N–H and O–H groups in total. The van der Waals surface area contributed by atoms with Crippen molar-refractivity contribution in [3.05, 3.63) is 0 Å². The monoisotopic (exact) mass is 326 g/mol. The van der Waals surface area contributed by atoms with Gasteiger partial charge in [0.05, 0.1) is 0 Å². The number of carbonyl (C=O) groups is 1. The molecule has 0 aromatic rings. The highest BCUT2D eigenvalue weighted by Gasteiger charge is 2.18. The molecule has 0 aliphatic heterocycles. The van der Waals surface area contributed by atoms with E-state index in [-0.39, 0.29) is 10.2 Å². The van der Waals surface area contributed by atoms with Gasteiger partial charge in [0.2, 0.25) is 0 Å². The molecule has 1 atom stereocenters. The molecular formula is C11H19IO3. The van der Waals surface area contributed by atoms with Gasteiger partial charge in [-0.25, -0.2) is 4.79 Å². The van der Waals surface area contributed by atoms with Gasteiger partial charge in [-0.3, -0.25) is 0 Å². The Balaban J connectivity index is 2.23. The van der Waals surface area contributed by atoms with Gasteiger partial charge in [0, 0.05) is 0 Å². The fourth-order valence-corrected chi connectivity index (χ4v) is 1.92. The van der Waals surface area contributed by atoms with Crippen LogP contribution in [0.25, 0.3) is 0 Å². The summed E-state index contributed by atoms with van der Waals surface area (Å²) in [5.41, 5.74) is 0. The number of hydrogen-bond acceptors (Lipinski definition) is 3. The minimum absolute atomic E-state index is 0.0686. The lowest BCUT2D eigenvalue weighted by atomic mass is 10.2. The van der Waals surface area contributed by atoms with Crippen LogP contribution in [0.15, 0.2) is 0 Å². The molecule has 0 saturated heterocycles. The molecule has 4 heteroatoms.